The molecule has 0 fully saturated rings. The molecule has 0 aliphatic carbocycles. The molecule has 126 valence electrons. The molecule has 0 saturated carbocycles. The number of rotatable bonds is 4. The molecular formula is C13H25N3O4SSi. The molecule has 0 amide bonds. The first-order valence-electron chi connectivity index (χ1n) is 7.23. The molecule has 9 heteroatoms. The Morgan fingerprint density at radius 3 is 2.64 bits per heavy atom. The van der Waals surface area contributed by atoms with Gasteiger partial charge in [-0.1, -0.05) is 33.9 Å². The van der Waals surface area contributed by atoms with E-state index >= 15 is 0 Å². The largest absolute Gasteiger partial charge is 0.474 e. The number of methoxy groups -OCH3 is 1. The van der Waals surface area contributed by atoms with Crippen LogP contribution >= 0.6 is 0 Å². The Balaban J connectivity index is 2.31. The predicted molar refractivity (Wildman–Crippen MR) is 86.0 cm³/mol. The Bertz CT molecular complexity index is 649. The number of sulfonamides is 1. The Morgan fingerprint density at radius 1 is 1.45 bits per heavy atom. The van der Waals surface area contributed by atoms with Crippen LogP contribution in [0.4, 0.5) is 0 Å². The standard InChI is InChI=1S/C13H25N3O4SSi/c1-13(2,3)22(5,6)15-21(17,18)11-7-14-16-8-10(19-4)9-20-12(11)16/h7,10,15H,8-9H2,1-6H3. The van der Waals surface area contributed by atoms with E-state index in [1.54, 1.807) is 7.11 Å². The maximum Gasteiger partial charge on any atom is 0.241 e. The third kappa shape index (κ3) is 3.22. The van der Waals surface area contributed by atoms with E-state index in [0.29, 0.717) is 19.0 Å². The minimum Gasteiger partial charge on any atom is -0.474 e. The van der Waals surface area contributed by atoms with E-state index in [9.17, 15) is 8.42 Å². The lowest BCUT2D eigenvalue weighted by Crippen LogP contribution is -2.54. The Labute approximate surface area is 133 Å². The van der Waals surface area contributed by atoms with Crippen molar-refractivity contribution in [3.05, 3.63) is 6.20 Å². The minimum absolute atomic E-state index is 0.102. The highest BCUT2D eigenvalue weighted by atomic mass is 32.2. The van der Waals surface area contributed by atoms with Gasteiger partial charge in [-0.25, -0.2) is 17.5 Å². The highest BCUT2D eigenvalue weighted by Crippen LogP contribution is 2.36. The maximum absolute atomic E-state index is 12.7. The fraction of sp³-hybridized carbons (Fsp3) is 0.769. The summed E-state index contributed by atoms with van der Waals surface area (Å²) in [5.41, 5.74) is 0. The van der Waals surface area contributed by atoms with Crippen molar-refractivity contribution in [1.29, 1.82) is 0 Å². The van der Waals surface area contributed by atoms with Crippen LogP contribution in [0, 0.1) is 0 Å². The van der Waals surface area contributed by atoms with Gasteiger partial charge in [-0.2, -0.15) is 5.10 Å². The quantitative estimate of drug-likeness (QED) is 0.836. The van der Waals surface area contributed by atoms with E-state index in [-0.39, 0.29) is 16.0 Å². The molecule has 1 atom stereocenters. The molecule has 1 aliphatic rings. The summed E-state index contributed by atoms with van der Waals surface area (Å²) in [6.07, 6.45) is 1.24. The summed E-state index contributed by atoms with van der Waals surface area (Å²) >= 11 is 0. The molecule has 1 aromatic rings. The average Bonchev–Trinajstić information content (AvgIpc) is 2.79. The highest BCUT2D eigenvalue weighted by Gasteiger charge is 2.41. The first-order valence-corrected chi connectivity index (χ1v) is 11.7. The number of nitrogens with zero attached hydrogens (tertiary/aromatic N) is 2. The lowest BCUT2D eigenvalue weighted by atomic mass is 10.2. The van der Waals surface area contributed by atoms with E-state index in [4.69, 9.17) is 9.47 Å². The van der Waals surface area contributed by atoms with Crippen molar-refractivity contribution in [2.45, 2.75) is 56.4 Å². The van der Waals surface area contributed by atoms with E-state index < -0.39 is 18.3 Å². The van der Waals surface area contributed by atoms with Crippen molar-refractivity contribution in [3.8, 4) is 5.88 Å². The molecule has 1 N–H and O–H groups in total. The number of aromatic nitrogens is 2. The summed E-state index contributed by atoms with van der Waals surface area (Å²) in [6, 6.07) is 0. The summed E-state index contributed by atoms with van der Waals surface area (Å²) in [7, 11) is -4.28. The molecule has 2 rings (SSSR count). The van der Waals surface area contributed by atoms with Crippen LogP contribution in [-0.4, -0.2) is 46.3 Å². The van der Waals surface area contributed by atoms with Gasteiger partial charge in [0.15, 0.2) is 4.90 Å². The average molecular weight is 348 g/mol. The van der Waals surface area contributed by atoms with Crippen molar-refractivity contribution in [2.75, 3.05) is 13.7 Å². The SMILES string of the molecule is COC1COc2c(S(=O)(=O)N[Si](C)(C)C(C)(C)C)cnn2C1. The van der Waals surface area contributed by atoms with Gasteiger partial charge in [-0.3, -0.25) is 0 Å². The fourth-order valence-electron chi connectivity index (χ4n) is 1.92. The van der Waals surface area contributed by atoms with Crippen molar-refractivity contribution in [1.82, 2.24) is 14.2 Å². The molecule has 2 heterocycles. The van der Waals surface area contributed by atoms with Gasteiger partial charge in [0.2, 0.25) is 15.9 Å². The van der Waals surface area contributed by atoms with E-state index in [2.05, 4.69) is 30.3 Å². The number of fused-ring (bicyclic) bond motifs is 1. The molecular weight excluding hydrogens is 322 g/mol. The summed E-state index contributed by atoms with van der Waals surface area (Å²) in [5, 5.41) is 4.02. The van der Waals surface area contributed by atoms with Crippen LogP contribution in [0.3, 0.4) is 0 Å². The summed E-state index contributed by atoms with van der Waals surface area (Å²) in [6.45, 7) is 11.0. The molecule has 1 unspecified atom stereocenters. The van der Waals surface area contributed by atoms with Gasteiger partial charge in [0.1, 0.15) is 20.9 Å². The lowest BCUT2D eigenvalue weighted by Gasteiger charge is -2.36. The van der Waals surface area contributed by atoms with Gasteiger partial charge < -0.3 is 9.47 Å². The molecule has 22 heavy (non-hydrogen) atoms. The normalized spacial score (nSPS) is 19.6. The van der Waals surface area contributed by atoms with Gasteiger partial charge in [-0.05, 0) is 5.04 Å². The van der Waals surface area contributed by atoms with Crippen molar-refractivity contribution in [2.24, 2.45) is 0 Å². The smallest absolute Gasteiger partial charge is 0.241 e. The second-order valence-electron chi connectivity index (χ2n) is 7.15. The van der Waals surface area contributed by atoms with Crippen LogP contribution in [0.25, 0.3) is 0 Å². The molecule has 1 aliphatic heterocycles. The summed E-state index contributed by atoms with van der Waals surface area (Å²) in [5.74, 6) is 0.291. The number of hydrogen-bond donors (Lipinski definition) is 1. The number of nitrogens with one attached hydrogen (secondary N) is 1. The second-order valence-corrected chi connectivity index (χ2v) is 14.2. The zero-order valence-electron chi connectivity index (χ0n) is 14.0. The Hall–Kier alpha value is -0.903. The lowest BCUT2D eigenvalue weighted by molar-refractivity contribution is 0.0165. The Morgan fingerprint density at radius 2 is 2.09 bits per heavy atom. The van der Waals surface area contributed by atoms with Gasteiger partial charge in [-0.15, -0.1) is 0 Å². The van der Waals surface area contributed by atoms with Crippen LogP contribution in [-0.2, 0) is 21.3 Å². The number of hydrogen-bond acceptors (Lipinski definition) is 5. The minimum atomic E-state index is -3.66. The van der Waals surface area contributed by atoms with Crippen LogP contribution in [0.2, 0.25) is 18.1 Å². The van der Waals surface area contributed by atoms with E-state index in [1.165, 1.54) is 10.9 Å². The van der Waals surface area contributed by atoms with Crippen molar-refractivity contribution >= 4 is 18.3 Å². The maximum atomic E-state index is 12.7. The predicted octanol–water partition coefficient (Wildman–Crippen LogP) is 1.57. The first kappa shape index (κ1) is 17.5. The zero-order valence-corrected chi connectivity index (χ0v) is 15.8. The topological polar surface area (TPSA) is 82.4 Å². The van der Waals surface area contributed by atoms with Gasteiger partial charge in [0, 0.05) is 7.11 Å². The monoisotopic (exact) mass is 347 g/mol. The van der Waals surface area contributed by atoms with Crippen LogP contribution in [0.5, 0.6) is 5.88 Å². The Kier molecular flexibility index (Phi) is 4.46. The third-order valence-corrected chi connectivity index (χ3v) is 12.2. The molecule has 0 aromatic carbocycles. The molecule has 0 radical (unpaired) electrons. The molecule has 0 saturated heterocycles. The van der Waals surface area contributed by atoms with E-state index in [1.807, 2.05) is 13.1 Å². The fourth-order valence-corrected chi connectivity index (χ4v) is 6.85. The first-order chi connectivity index (χ1) is 9.98. The van der Waals surface area contributed by atoms with Crippen LogP contribution < -0.4 is 9.12 Å². The second kappa shape index (κ2) is 5.62. The molecule has 0 spiro atoms. The molecule has 7 nitrogen and oxygen atoms in total. The third-order valence-electron chi connectivity index (χ3n) is 4.43. The summed E-state index contributed by atoms with van der Waals surface area (Å²) < 4.78 is 40.7. The van der Waals surface area contributed by atoms with Gasteiger partial charge >= 0.3 is 0 Å². The molecule has 0 bridgehead atoms. The van der Waals surface area contributed by atoms with Crippen LogP contribution in [0.15, 0.2) is 11.1 Å². The van der Waals surface area contributed by atoms with Crippen LogP contribution in [0.1, 0.15) is 20.8 Å². The van der Waals surface area contributed by atoms with Gasteiger partial charge in [0.25, 0.3) is 0 Å². The summed E-state index contributed by atoms with van der Waals surface area (Å²) in [4.78, 5) is 0.104. The van der Waals surface area contributed by atoms with Gasteiger partial charge in [0.05, 0.1) is 12.7 Å². The zero-order chi connectivity index (χ0) is 16.8. The highest BCUT2D eigenvalue weighted by molar-refractivity contribution is 7.91. The molecule has 1 aromatic heterocycles. The van der Waals surface area contributed by atoms with Crippen molar-refractivity contribution < 1.29 is 17.9 Å². The van der Waals surface area contributed by atoms with E-state index in [0.717, 1.165) is 0 Å². The van der Waals surface area contributed by atoms with Crippen molar-refractivity contribution in [3.63, 3.8) is 0 Å². The number of ether oxygens (including phenoxy) is 2.